The molecular formula is C27H25FN7O. The zero-order valence-corrected chi connectivity index (χ0v) is 20.1. The van der Waals surface area contributed by atoms with Crippen LogP contribution in [0.1, 0.15) is 47.2 Å². The zero-order valence-electron chi connectivity index (χ0n) is 20.1. The topological polar surface area (TPSA) is 80.0 Å². The summed E-state index contributed by atoms with van der Waals surface area (Å²) in [7, 11) is 0. The van der Waals surface area contributed by atoms with Crippen molar-refractivity contribution in [1.82, 2.24) is 24.7 Å². The number of hydrogen-bond donors (Lipinski definition) is 0. The van der Waals surface area contributed by atoms with Crippen molar-refractivity contribution in [3.8, 4) is 17.2 Å². The number of carbonyl (C=O) groups is 1. The second-order valence-electron chi connectivity index (χ2n) is 9.27. The van der Waals surface area contributed by atoms with Gasteiger partial charge in [-0.3, -0.25) is 14.3 Å². The first-order valence-corrected chi connectivity index (χ1v) is 12.0. The van der Waals surface area contributed by atoms with Crippen LogP contribution >= 0.6 is 0 Å². The molecule has 9 heteroatoms. The van der Waals surface area contributed by atoms with Gasteiger partial charge in [-0.2, -0.15) is 0 Å². The first-order chi connectivity index (χ1) is 17.4. The Morgan fingerprint density at radius 2 is 1.89 bits per heavy atom. The van der Waals surface area contributed by atoms with Crippen molar-refractivity contribution in [2.45, 2.75) is 39.3 Å². The minimum Gasteiger partial charge on any atom is -0.354 e. The molecule has 5 heterocycles. The largest absolute Gasteiger partial charge is 0.354 e. The number of hydrogen-bond acceptors (Lipinski definition) is 6. The van der Waals surface area contributed by atoms with E-state index in [1.54, 1.807) is 46.7 Å². The van der Waals surface area contributed by atoms with Crippen molar-refractivity contribution in [1.29, 1.82) is 0 Å². The standard InChI is InChI=1S/C27H25FN7O/c1-16-8-7-13-33(16)25-14-19-20(17(2)29-25)15-34(27(19)36)24-12-6-10-22(30-24)26-32-31-18(3)35(26)23-11-5-4-9-21(23)28/h4-6,9-12,14,16H,2,7-8,13,15H2,1,3H3/t16-/m1/s1. The lowest BCUT2D eigenvalue weighted by molar-refractivity contribution is 0.0996. The van der Waals surface area contributed by atoms with Gasteiger partial charge in [0.2, 0.25) is 0 Å². The maximum Gasteiger partial charge on any atom is 0.260 e. The first-order valence-electron chi connectivity index (χ1n) is 12.0. The Kier molecular flexibility index (Phi) is 5.28. The van der Waals surface area contributed by atoms with Crippen LogP contribution in [-0.2, 0) is 6.54 Å². The molecule has 0 unspecified atom stereocenters. The number of aromatic nitrogens is 5. The van der Waals surface area contributed by atoms with Crippen molar-refractivity contribution < 1.29 is 9.18 Å². The molecular weight excluding hydrogens is 457 g/mol. The van der Waals surface area contributed by atoms with Gasteiger partial charge in [-0.15, -0.1) is 10.2 Å². The van der Waals surface area contributed by atoms with Crippen LogP contribution in [0.2, 0.25) is 0 Å². The zero-order chi connectivity index (χ0) is 25.0. The lowest BCUT2D eigenvalue weighted by atomic mass is 10.1. The smallest absolute Gasteiger partial charge is 0.260 e. The SMILES string of the molecule is [CH2]c1nc(N2CCC[C@H]2C)cc2c1CN(c1cccc(-c3nnc(C)n3-c3ccccc3F)n1)C2=O. The van der Waals surface area contributed by atoms with Crippen molar-refractivity contribution in [3.63, 3.8) is 0 Å². The highest BCUT2D eigenvalue weighted by Crippen LogP contribution is 2.34. The summed E-state index contributed by atoms with van der Waals surface area (Å²) >= 11 is 0. The third kappa shape index (κ3) is 3.54. The van der Waals surface area contributed by atoms with Crippen LogP contribution in [0, 0.1) is 19.7 Å². The summed E-state index contributed by atoms with van der Waals surface area (Å²) in [4.78, 5) is 26.8. The fourth-order valence-electron chi connectivity index (χ4n) is 5.11. The van der Waals surface area contributed by atoms with Gasteiger partial charge in [0.05, 0.1) is 17.8 Å². The molecule has 8 nitrogen and oxygen atoms in total. The molecule has 0 bridgehead atoms. The van der Waals surface area contributed by atoms with Crippen LogP contribution < -0.4 is 9.80 Å². The van der Waals surface area contributed by atoms with Crippen molar-refractivity contribution in [2.75, 3.05) is 16.3 Å². The quantitative estimate of drug-likeness (QED) is 0.426. The molecule has 6 rings (SSSR count). The summed E-state index contributed by atoms with van der Waals surface area (Å²) in [5, 5.41) is 8.42. The number of halogens is 1. The van der Waals surface area contributed by atoms with E-state index in [0.29, 0.717) is 52.7 Å². The van der Waals surface area contributed by atoms with Crippen molar-refractivity contribution >= 4 is 17.5 Å². The number of anilines is 2. The molecule has 0 aliphatic carbocycles. The third-order valence-corrected chi connectivity index (χ3v) is 6.99. The number of carbonyl (C=O) groups excluding carboxylic acids is 1. The van der Waals surface area contributed by atoms with Gasteiger partial charge in [-0.25, -0.2) is 14.4 Å². The minimum atomic E-state index is -0.387. The molecule has 4 aromatic rings. The Hall–Kier alpha value is -4.14. The normalized spacial score (nSPS) is 17.2. The number of aryl methyl sites for hydroxylation is 1. The van der Waals surface area contributed by atoms with Crippen LogP contribution in [0.25, 0.3) is 17.2 Å². The number of nitrogens with zero attached hydrogens (tertiary/aromatic N) is 7. The number of fused-ring (bicyclic) bond motifs is 1. The number of rotatable bonds is 4. The summed E-state index contributed by atoms with van der Waals surface area (Å²) in [6.07, 6.45) is 2.22. The van der Waals surface area contributed by atoms with Crippen LogP contribution in [-0.4, -0.2) is 43.2 Å². The summed E-state index contributed by atoms with van der Waals surface area (Å²) in [5.41, 5.74) is 2.86. The molecule has 1 aromatic carbocycles. The molecule has 0 saturated carbocycles. The third-order valence-electron chi connectivity index (χ3n) is 6.99. The van der Waals surface area contributed by atoms with E-state index in [4.69, 9.17) is 9.97 Å². The number of pyridine rings is 2. The second kappa shape index (κ2) is 8.51. The summed E-state index contributed by atoms with van der Waals surface area (Å²) in [6, 6.07) is 14.1. The van der Waals surface area contributed by atoms with Gasteiger partial charge in [0, 0.05) is 23.8 Å². The van der Waals surface area contributed by atoms with E-state index in [1.807, 2.05) is 12.1 Å². The van der Waals surface area contributed by atoms with Gasteiger partial charge in [-0.05, 0) is 63.9 Å². The average Bonchev–Trinajstić information content (AvgIpc) is 3.57. The first kappa shape index (κ1) is 22.3. The average molecular weight is 483 g/mol. The van der Waals surface area contributed by atoms with E-state index in [-0.39, 0.29) is 11.7 Å². The minimum absolute atomic E-state index is 0.137. The van der Waals surface area contributed by atoms with Crippen LogP contribution in [0.4, 0.5) is 16.0 Å². The molecule has 1 radical (unpaired) electrons. The van der Waals surface area contributed by atoms with Gasteiger partial charge in [0.25, 0.3) is 5.91 Å². The fourth-order valence-corrected chi connectivity index (χ4v) is 5.11. The molecule has 36 heavy (non-hydrogen) atoms. The molecule has 1 atom stereocenters. The highest BCUT2D eigenvalue weighted by Gasteiger charge is 2.33. The monoisotopic (exact) mass is 482 g/mol. The van der Waals surface area contributed by atoms with Crippen molar-refractivity contribution in [2.24, 2.45) is 0 Å². The highest BCUT2D eigenvalue weighted by molar-refractivity contribution is 6.10. The fraction of sp³-hybridized carbons (Fsp3) is 0.259. The van der Waals surface area contributed by atoms with Gasteiger partial charge in [0.1, 0.15) is 29.0 Å². The van der Waals surface area contributed by atoms with E-state index in [2.05, 4.69) is 28.9 Å². The molecule has 3 aromatic heterocycles. The van der Waals surface area contributed by atoms with E-state index < -0.39 is 0 Å². The molecule has 1 fully saturated rings. The maximum atomic E-state index is 14.6. The molecule has 2 aliphatic heterocycles. The molecule has 0 N–H and O–H groups in total. The Bertz CT molecular complexity index is 1500. The highest BCUT2D eigenvalue weighted by atomic mass is 19.1. The molecule has 1 saturated heterocycles. The summed E-state index contributed by atoms with van der Waals surface area (Å²) in [6.45, 7) is 9.34. The number of benzene rings is 1. The lowest BCUT2D eigenvalue weighted by Crippen LogP contribution is -2.28. The molecule has 1 amide bonds. The lowest BCUT2D eigenvalue weighted by Gasteiger charge is -2.23. The Balaban J connectivity index is 1.36. The van der Waals surface area contributed by atoms with Crippen LogP contribution in [0.5, 0.6) is 0 Å². The Morgan fingerprint density at radius 3 is 2.67 bits per heavy atom. The van der Waals surface area contributed by atoms with Crippen molar-refractivity contribution in [3.05, 3.63) is 83.9 Å². The predicted molar refractivity (Wildman–Crippen MR) is 135 cm³/mol. The van der Waals surface area contributed by atoms with Gasteiger partial charge in [0.15, 0.2) is 5.82 Å². The molecule has 181 valence electrons. The van der Waals surface area contributed by atoms with Crippen LogP contribution in [0.15, 0.2) is 48.5 Å². The van der Waals surface area contributed by atoms with E-state index >= 15 is 0 Å². The van der Waals surface area contributed by atoms with E-state index in [0.717, 1.165) is 30.8 Å². The second-order valence-corrected chi connectivity index (χ2v) is 9.27. The number of amides is 1. The van der Waals surface area contributed by atoms with Gasteiger partial charge < -0.3 is 4.90 Å². The maximum absolute atomic E-state index is 14.6. The Morgan fingerprint density at radius 1 is 1.06 bits per heavy atom. The Labute approximate surface area is 208 Å². The molecule has 2 aliphatic rings. The van der Waals surface area contributed by atoms with E-state index in [1.165, 1.54) is 6.07 Å². The van der Waals surface area contributed by atoms with Crippen LogP contribution in [0.3, 0.4) is 0 Å². The van der Waals surface area contributed by atoms with E-state index in [9.17, 15) is 9.18 Å². The summed E-state index contributed by atoms with van der Waals surface area (Å²) < 4.78 is 16.2. The number of para-hydroxylation sites is 1. The van der Waals surface area contributed by atoms with Gasteiger partial charge in [-0.1, -0.05) is 18.2 Å². The molecule has 0 spiro atoms. The van der Waals surface area contributed by atoms with Gasteiger partial charge >= 0.3 is 0 Å². The summed E-state index contributed by atoms with van der Waals surface area (Å²) in [5.74, 6) is 1.68. The predicted octanol–water partition coefficient (Wildman–Crippen LogP) is 4.50.